The van der Waals surface area contributed by atoms with Gasteiger partial charge >= 0.3 is 0 Å². The molecule has 0 saturated heterocycles. The van der Waals surface area contributed by atoms with Gasteiger partial charge in [0, 0.05) is 28.8 Å². The molecule has 0 unspecified atom stereocenters. The third-order valence-electron chi connectivity index (χ3n) is 3.20. The van der Waals surface area contributed by atoms with Gasteiger partial charge in [-0.3, -0.25) is 4.79 Å². The number of thiophene rings is 1. The number of aromatic nitrogens is 1. The van der Waals surface area contributed by atoms with Crippen LogP contribution in [0.5, 0.6) is 0 Å². The fraction of sp³-hybridized carbons (Fsp3) is 0.176. The Labute approximate surface area is 137 Å². The van der Waals surface area contributed by atoms with Crippen LogP contribution in [0.3, 0.4) is 0 Å². The van der Waals surface area contributed by atoms with E-state index in [4.69, 9.17) is 0 Å². The van der Waals surface area contributed by atoms with Crippen molar-refractivity contribution in [1.29, 1.82) is 0 Å². The van der Waals surface area contributed by atoms with Gasteiger partial charge in [0.25, 0.3) is 0 Å². The molecule has 112 valence electrons. The minimum atomic E-state index is 0.0716. The molecule has 0 aliphatic heterocycles. The van der Waals surface area contributed by atoms with Crippen LogP contribution < -0.4 is 5.32 Å². The third kappa shape index (κ3) is 4.02. The van der Waals surface area contributed by atoms with E-state index in [1.165, 1.54) is 0 Å². The minimum Gasteiger partial charge on any atom is -0.355 e. The van der Waals surface area contributed by atoms with E-state index >= 15 is 0 Å². The second-order valence-corrected chi connectivity index (χ2v) is 6.82. The summed E-state index contributed by atoms with van der Waals surface area (Å²) in [5.74, 6) is 0.0716. The van der Waals surface area contributed by atoms with Gasteiger partial charge < -0.3 is 5.32 Å². The smallest absolute Gasteiger partial charge is 0.225 e. The second kappa shape index (κ2) is 7.33. The normalized spacial score (nSPS) is 10.5. The molecule has 0 aliphatic rings. The number of thiazole rings is 1. The molecule has 3 rings (SSSR count). The van der Waals surface area contributed by atoms with Crippen molar-refractivity contribution in [3.8, 4) is 11.3 Å². The summed E-state index contributed by atoms with van der Waals surface area (Å²) in [4.78, 5) is 17.5. The lowest BCUT2D eigenvalue weighted by Gasteiger charge is -2.02. The van der Waals surface area contributed by atoms with Crippen molar-refractivity contribution in [2.24, 2.45) is 0 Å². The summed E-state index contributed by atoms with van der Waals surface area (Å²) in [6.45, 7) is 0.631. The summed E-state index contributed by atoms with van der Waals surface area (Å²) in [6, 6.07) is 14.1. The monoisotopic (exact) mass is 328 g/mol. The fourth-order valence-electron chi connectivity index (χ4n) is 2.11. The molecule has 3 nitrogen and oxygen atoms in total. The quantitative estimate of drug-likeness (QED) is 0.748. The number of benzene rings is 1. The summed E-state index contributed by atoms with van der Waals surface area (Å²) in [7, 11) is 0. The van der Waals surface area contributed by atoms with Crippen LogP contribution in [0.2, 0.25) is 0 Å². The molecular formula is C17H16N2OS2. The maximum atomic E-state index is 11.8. The number of nitrogens with zero attached hydrogens (tertiary/aromatic N) is 1. The summed E-state index contributed by atoms with van der Waals surface area (Å²) in [5, 5.41) is 8.06. The Bertz CT molecular complexity index is 720. The van der Waals surface area contributed by atoms with Crippen LogP contribution in [0.15, 0.2) is 53.2 Å². The molecule has 0 radical (unpaired) electrons. The van der Waals surface area contributed by atoms with Crippen molar-refractivity contribution in [1.82, 2.24) is 10.3 Å². The van der Waals surface area contributed by atoms with Gasteiger partial charge in [0.15, 0.2) is 0 Å². The molecule has 0 bridgehead atoms. The molecule has 1 aromatic carbocycles. The highest BCUT2D eigenvalue weighted by Crippen LogP contribution is 2.21. The Morgan fingerprint density at radius 3 is 2.73 bits per heavy atom. The molecule has 1 amide bonds. The van der Waals surface area contributed by atoms with Gasteiger partial charge in [-0.1, -0.05) is 36.4 Å². The Kier molecular flexibility index (Phi) is 4.98. The zero-order valence-corrected chi connectivity index (χ0v) is 13.6. The van der Waals surface area contributed by atoms with Crippen LogP contribution in [0.25, 0.3) is 11.3 Å². The van der Waals surface area contributed by atoms with Gasteiger partial charge in [0.05, 0.1) is 17.1 Å². The highest BCUT2D eigenvalue weighted by atomic mass is 32.1. The Balaban J connectivity index is 1.48. The van der Waals surface area contributed by atoms with Crippen LogP contribution in [0, 0.1) is 0 Å². The van der Waals surface area contributed by atoms with Crippen molar-refractivity contribution >= 4 is 28.6 Å². The maximum Gasteiger partial charge on any atom is 0.225 e. The van der Waals surface area contributed by atoms with Crippen molar-refractivity contribution in [3.05, 3.63) is 63.1 Å². The molecule has 3 aromatic rings. The average Bonchev–Trinajstić information content (AvgIpc) is 3.20. The zero-order valence-electron chi connectivity index (χ0n) is 12.0. The maximum absolute atomic E-state index is 11.8. The summed E-state index contributed by atoms with van der Waals surface area (Å²) < 4.78 is 0. The van der Waals surface area contributed by atoms with Gasteiger partial charge in [-0.05, 0) is 11.4 Å². The summed E-state index contributed by atoms with van der Waals surface area (Å²) in [5.41, 5.74) is 2.14. The second-order valence-electron chi connectivity index (χ2n) is 4.85. The predicted molar refractivity (Wildman–Crippen MR) is 92.3 cm³/mol. The Morgan fingerprint density at radius 2 is 1.95 bits per heavy atom. The molecule has 22 heavy (non-hydrogen) atoms. The lowest BCUT2D eigenvalue weighted by molar-refractivity contribution is -0.120. The standard InChI is InChI=1S/C17H16N2OS2/c20-16(11-14-7-4-10-21-14)18-9-8-17-19-15(12-22-17)13-5-2-1-3-6-13/h1-7,10,12H,8-9,11H2,(H,18,20). The van der Waals surface area contributed by atoms with E-state index in [9.17, 15) is 4.79 Å². The molecule has 2 aromatic heterocycles. The summed E-state index contributed by atoms with van der Waals surface area (Å²) in [6.07, 6.45) is 1.23. The van der Waals surface area contributed by atoms with E-state index in [2.05, 4.69) is 27.8 Å². The van der Waals surface area contributed by atoms with Gasteiger partial charge in [-0.25, -0.2) is 4.98 Å². The largest absolute Gasteiger partial charge is 0.355 e. The van der Waals surface area contributed by atoms with E-state index in [0.717, 1.165) is 27.6 Å². The first-order valence-corrected chi connectivity index (χ1v) is 8.86. The van der Waals surface area contributed by atoms with Crippen molar-refractivity contribution in [3.63, 3.8) is 0 Å². The number of carbonyl (C=O) groups excluding carboxylic acids is 1. The molecular weight excluding hydrogens is 312 g/mol. The molecule has 5 heteroatoms. The van der Waals surface area contributed by atoms with Gasteiger partial charge in [0.1, 0.15) is 0 Å². The molecule has 0 saturated carbocycles. The van der Waals surface area contributed by atoms with Crippen molar-refractivity contribution < 1.29 is 4.79 Å². The lowest BCUT2D eigenvalue weighted by atomic mass is 10.2. The first-order chi connectivity index (χ1) is 10.8. The van der Waals surface area contributed by atoms with E-state index in [0.29, 0.717) is 13.0 Å². The van der Waals surface area contributed by atoms with Crippen LogP contribution >= 0.6 is 22.7 Å². The number of nitrogens with one attached hydrogen (secondary N) is 1. The zero-order chi connectivity index (χ0) is 15.2. The topological polar surface area (TPSA) is 42.0 Å². The van der Waals surface area contributed by atoms with Gasteiger partial charge in [0.2, 0.25) is 5.91 Å². The van der Waals surface area contributed by atoms with E-state index in [-0.39, 0.29) is 5.91 Å². The Hall–Kier alpha value is -1.98. The molecule has 2 heterocycles. The van der Waals surface area contributed by atoms with Crippen LogP contribution in [0.4, 0.5) is 0 Å². The van der Waals surface area contributed by atoms with Crippen LogP contribution in [0.1, 0.15) is 9.88 Å². The minimum absolute atomic E-state index is 0.0716. The number of hydrogen-bond acceptors (Lipinski definition) is 4. The van der Waals surface area contributed by atoms with Gasteiger partial charge in [-0.2, -0.15) is 0 Å². The Morgan fingerprint density at radius 1 is 1.09 bits per heavy atom. The molecule has 0 spiro atoms. The molecule has 0 atom stereocenters. The first kappa shape index (κ1) is 14.9. The number of hydrogen-bond donors (Lipinski definition) is 1. The predicted octanol–water partition coefficient (Wildman–Crippen LogP) is 3.77. The lowest BCUT2D eigenvalue weighted by Crippen LogP contribution is -2.26. The summed E-state index contributed by atoms with van der Waals surface area (Å²) >= 11 is 3.25. The van der Waals surface area contributed by atoms with Crippen LogP contribution in [-0.4, -0.2) is 17.4 Å². The first-order valence-electron chi connectivity index (χ1n) is 7.10. The molecule has 0 fully saturated rings. The fourth-order valence-corrected chi connectivity index (χ4v) is 3.62. The molecule has 0 aliphatic carbocycles. The number of amides is 1. The van der Waals surface area contributed by atoms with E-state index in [1.54, 1.807) is 22.7 Å². The number of carbonyl (C=O) groups is 1. The van der Waals surface area contributed by atoms with E-state index in [1.807, 2.05) is 35.7 Å². The average molecular weight is 328 g/mol. The van der Waals surface area contributed by atoms with Gasteiger partial charge in [-0.15, -0.1) is 22.7 Å². The molecule has 1 N–H and O–H groups in total. The highest BCUT2D eigenvalue weighted by Gasteiger charge is 2.06. The van der Waals surface area contributed by atoms with Crippen molar-refractivity contribution in [2.45, 2.75) is 12.8 Å². The number of rotatable bonds is 6. The van der Waals surface area contributed by atoms with E-state index < -0.39 is 0 Å². The third-order valence-corrected chi connectivity index (χ3v) is 4.98. The SMILES string of the molecule is O=C(Cc1cccs1)NCCc1nc(-c2ccccc2)cs1. The van der Waals surface area contributed by atoms with Crippen LogP contribution in [-0.2, 0) is 17.6 Å². The highest BCUT2D eigenvalue weighted by molar-refractivity contribution is 7.10. The van der Waals surface area contributed by atoms with Crippen molar-refractivity contribution in [2.75, 3.05) is 6.54 Å².